The Morgan fingerprint density at radius 1 is 1.10 bits per heavy atom. The number of carbonyl (C=O) groups is 1. The van der Waals surface area contributed by atoms with E-state index in [0.717, 1.165) is 48.8 Å². The molecule has 5 rings (SSSR count). The summed E-state index contributed by atoms with van der Waals surface area (Å²) in [5, 5.41) is 12.8. The number of hydrogen-bond donors (Lipinski definition) is 0. The zero-order chi connectivity index (χ0) is 20.7. The molecule has 0 atom stereocenters. The Hall–Kier alpha value is -3.00. The largest absolute Gasteiger partial charge is 0.381 e. The molecule has 2 aliphatic rings. The molecule has 1 aromatic carbocycles. The quantitative estimate of drug-likeness (QED) is 0.658. The Kier molecular flexibility index (Phi) is 4.66. The summed E-state index contributed by atoms with van der Waals surface area (Å²) in [7, 11) is 1.94. The second-order valence-electron chi connectivity index (χ2n) is 8.24. The number of nitrogens with zero attached hydrogens (tertiary/aromatic N) is 6. The van der Waals surface area contributed by atoms with Gasteiger partial charge in [0.05, 0.1) is 11.5 Å². The molecule has 30 heavy (non-hydrogen) atoms. The maximum Gasteiger partial charge on any atom is 0.233 e. The van der Waals surface area contributed by atoms with E-state index in [1.807, 2.05) is 49.2 Å². The van der Waals surface area contributed by atoms with E-state index in [9.17, 15) is 4.79 Å². The van der Waals surface area contributed by atoms with Crippen LogP contribution in [0.15, 0.2) is 42.5 Å². The van der Waals surface area contributed by atoms with Crippen molar-refractivity contribution in [2.45, 2.75) is 31.2 Å². The molecule has 8 heteroatoms. The molecule has 4 heterocycles. The predicted octanol–water partition coefficient (Wildman–Crippen LogP) is 1.83. The van der Waals surface area contributed by atoms with Gasteiger partial charge in [0.15, 0.2) is 11.5 Å². The van der Waals surface area contributed by atoms with E-state index in [2.05, 4.69) is 32.3 Å². The summed E-state index contributed by atoms with van der Waals surface area (Å²) in [5.41, 5.74) is 1.34. The van der Waals surface area contributed by atoms with Gasteiger partial charge in [-0.1, -0.05) is 30.3 Å². The van der Waals surface area contributed by atoms with Crippen LogP contribution in [0, 0.1) is 6.92 Å². The maximum absolute atomic E-state index is 13.7. The van der Waals surface area contributed by atoms with Crippen molar-refractivity contribution < 1.29 is 9.53 Å². The monoisotopic (exact) mass is 406 g/mol. The molecule has 2 aromatic heterocycles. The SMILES string of the molecule is Cc1nnc2ccc(N3CC(N(C)C(=O)C4(c5ccccc5)CCOCC4)C3)nn12. The van der Waals surface area contributed by atoms with Gasteiger partial charge in [-0.3, -0.25) is 4.79 Å². The minimum absolute atomic E-state index is 0.167. The highest BCUT2D eigenvalue weighted by Gasteiger charge is 2.46. The Bertz CT molecular complexity index is 1050. The van der Waals surface area contributed by atoms with Crippen molar-refractivity contribution in [2.75, 3.05) is 38.3 Å². The molecular formula is C22H26N6O2. The average Bonchev–Trinajstić information content (AvgIpc) is 3.13. The third kappa shape index (κ3) is 3.02. The normalized spacial score (nSPS) is 18.9. The number of ether oxygens (including phenoxy) is 1. The van der Waals surface area contributed by atoms with Crippen molar-refractivity contribution in [1.29, 1.82) is 0 Å². The molecule has 3 aromatic rings. The molecule has 0 bridgehead atoms. The van der Waals surface area contributed by atoms with Gasteiger partial charge in [-0.2, -0.15) is 4.52 Å². The molecule has 8 nitrogen and oxygen atoms in total. The number of fused-ring (bicyclic) bond motifs is 1. The molecule has 0 N–H and O–H groups in total. The van der Waals surface area contributed by atoms with Crippen LogP contribution in [0.4, 0.5) is 5.82 Å². The van der Waals surface area contributed by atoms with Gasteiger partial charge in [0, 0.05) is 33.4 Å². The Balaban J connectivity index is 1.32. The molecule has 0 saturated carbocycles. The lowest BCUT2D eigenvalue weighted by Gasteiger charge is -2.48. The minimum Gasteiger partial charge on any atom is -0.381 e. The highest BCUT2D eigenvalue weighted by Crippen LogP contribution is 2.37. The number of hydrogen-bond acceptors (Lipinski definition) is 6. The molecule has 2 saturated heterocycles. The lowest BCUT2D eigenvalue weighted by atomic mass is 9.72. The summed E-state index contributed by atoms with van der Waals surface area (Å²) in [6.45, 7) is 4.66. The number of aromatic nitrogens is 4. The van der Waals surface area contributed by atoms with Crippen molar-refractivity contribution >= 4 is 17.4 Å². The Labute approximate surface area is 175 Å². The van der Waals surface area contributed by atoms with Crippen LogP contribution in [-0.2, 0) is 14.9 Å². The van der Waals surface area contributed by atoms with Crippen LogP contribution in [-0.4, -0.2) is 70.0 Å². The molecule has 156 valence electrons. The van der Waals surface area contributed by atoms with Crippen molar-refractivity contribution in [3.05, 3.63) is 53.9 Å². The van der Waals surface area contributed by atoms with E-state index in [1.165, 1.54) is 0 Å². The second kappa shape index (κ2) is 7.36. The van der Waals surface area contributed by atoms with Gasteiger partial charge in [0.25, 0.3) is 0 Å². The van der Waals surface area contributed by atoms with E-state index >= 15 is 0 Å². The number of anilines is 1. The average molecular weight is 406 g/mol. The summed E-state index contributed by atoms with van der Waals surface area (Å²) >= 11 is 0. The third-order valence-electron chi connectivity index (χ3n) is 6.54. The van der Waals surface area contributed by atoms with E-state index < -0.39 is 5.41 Å². The van der Waals surface area contributed by atoms with Crippen molar-refractivity contribution in [3.8, 4) is 0 Å². The molecule has 0 aliphatic carbocycles. The maximum atomic E-state index is 13.7. The van der Waals surface area contributed by atoms with Gasteiger partial charge in [-0.25, -0.2) is 0 Å². The van der Waals surface area contributed by atoms with Gasteiger partial charge in [0.1, 0.15) is 5.82 Å². The lowest BCUT2D eigenvalue weighted by molar-refractivity contribution is -0.142. The highest BCUT2D eigenvalue weighted by atomic mass is 16.5. The molecule has 0 radical (unpaired) electrons. The van der Waals surface area contributed by atoms with Gasteiger partial charge in [-0.15, -0.1) is 15.3 Å². The first-order chi connectivity index (χ1) is 14.6. The van der Waals surface area contributed by atoms with Crippen LogP contribution in [0.1, 0.15) is 24.2 Å². The fraction of sp³-hybridized carbons (Fsp3) is 0.455. The molecule has 2 aliphatic heterocycles. The first kappa shape index (κ1) is 19.0. The Morgan fingerprint density at radius 2 is 1.83 bits per heavy atom. The first-order valence-corrected chi connectivity index (χ1v) is 10.4. The number of carbonyl (C=O) groups excluding carboxylic acids is 1. The van der Waals surface area contributed by atoms with E-state index in [-0.39, 0.29) is 11.9 Å². The van der Waals surface area contributed by atoms with Gasteiger partial charge in [-0.05, 0) is 37.5 Å². The van der Waals surface area contributed by atoms with Crippen molar-refractivity contribution in [1.82, 2.24) is 24.7 Å². The van der Waals surface area contributed by atoms with Gasteiger partial charge >= 0.3 is 0 Å². The predicted molar refractivity (Wildman–Crippen MR) is 112 cm³/mol. The van der Waals surface area contributed by atoms with Crippen LogP contribution in [0.25, 0.3) is 5.65 Å². The first-order valence-electron chi connectivity index (χ1n) is 10.4. The van der Waals surface area contributed by atoms with Crippen LogP contribution < -0.4 is 4.90 Å². The lowest BCUT2D eigenvalue weighted by Crippen LogP contribution is -2.63. The number of likely N-dealkylation sites (N-methyl/N-ethyl adjacent to an activating group) is 1. The minimum atomic E-state index is -0.495. The zero-order valence-electron chi connectivity index (χ0n) is 17.4. The smallest absolute Gasteiger partial charge is 0.233 e. The van der Waals surface area contributed by atoms with Crippen molar-refractivity contribution in [2.24, 2.45) is 0 Å². The topological polar surface area (TPSA) is 75.9 Å². The summed E-state index contributed by atoms with van der Waals surface area (Å²) in [6.07, 6.45) is 1.45. The van der Waals surface area contributed by atoms with Crippen LogP contribution in [0.5, 0.6) is 0 Å². The van der Waals surface area contributed by atoms with E-state index in [0.29, 0.717) is 13.2 Å². The highest BCUT2D eigenvalue weighted by molar-refractivity contribution is 5.88. The number of benzene rings is 1. The van der Waals surface area contributed by atoms with E-state index in [1.54, 1.807) is 4.52 Å². The van der Waals surface area contributed by atoms with Crippen molar-refractivity contribution in [3.63, 3.8) is 0 Å². The van der Waals surface area contributed by atoms with Gasteiger partial charge < -0.3 is 14.5 Å². The van der Waals surface area contributed by atoms with Crippen LogP contribution >= 0.6 is 0 Å². The number of rotatable bonds is 4. The molecule has 1 amide bonds. The fourth-order valence-electron chi connectivity index (χ4n) is 4.55. The zero-order valence-corrected chi connectivity index (χ0v) is 17.4. The molecular weight excluding hydrogens is 380 g/mol. The second-order valence-corrected chi connectivity index (χ2v) is 8.24. The van der Waals surface area contributed by atoms with Crippen LogP contribution in [0.2, 0.25) is 0 Å². The van der Waals surface area contributed by atoms with Crippen LogP contribution in [0.3, 0.4) is 0 Å². The summed E-state index contributed by atoms with van der Waals surface area (Å²) in [4.78, 5) is 17.8. The van der Waals surface area contributed by atoms with E-state index in [4.69, 9.17) is 4.74 Å². The summed E-state index contributed by atoms with van der Waals surface area (Å²) in [6, 6.07) is 14.2. The molecule has 0 spiro atoms. The summed E-state index contributed by atoms with van der Waals surface area (Å²) < 4.78 is 7.34. The van der Waals surface area contributed by atoms with Gasteiger partial charge in [0.2, 0.25) is 5.91 Å². The number of aryl methyl sites for hydroxylation is 1. The Morgan fingerprint density at radius 3 is 2.57 bits per heavy atom. The number of amides is 1. The summed E-state index contributed by atoms with van der Waals surface area (Å²) in [5.74, 6) is 1.84. The third-order valence-corrected chi connectivity index (χ3v) is 6.54. The standard InChI is InChI=1S/C22H26N6O2/c1-16-23-24-19-8-9-20(25-28(16)19)27-14-18(15-27)26(2)21(29)22(10-12-30-13-11-22)17-6-4-3-5-7-17/h3-9,18H,10-15H2,1-2H3. The molecule has 2 fully saturated rings. The fourth-order valence-corrected chi connectivity index (χ4v) is 4.55. The molecule has 0 unspecified atom stereocenters.